The predicted octanol–water partition coefficient (Wildman–Crippen LogP) is 10.6. The summed E-state index contributed by atoms with van der Waals surface area (Å²) >= 11 is 0. The Morgan fingerprint density at radius 3 is 1.51 bits per heavy atom. The highest BCUT2D eigenvalue weighted by Gasteiger charge is 2.28. The van der Waals surface area contributed by atoms with Crippen LogP contribution in [0.15, 0.2) is 122 Å². The van der Waals surface area contributed by atoms with Gasteiger partial charge >= 0.3 is 25.7 Å². The molecule has 0 fully saturated rings. The summed E-state index contributed by atoms with van der Waals surface area (Å²) in [7, 11) is -4.77. The first-order valence-corrected chi connectivity index (χ1v) is 23.1. The van der Waals surface area contributed by atoms with E-state index in [9.17, 15) is 28.9 Å². The largest absolute Gasteiger partial charge is 0.480 e. The van der Waals surface area contributed by atoms with E-state index in [2.05, 4.69) is 103 Å². The van der Waals surface area contributed by atoms with Gasteiger partial charge in [0.25, 0.3) is 0 Å². The van der Waals surface area contributed by atoms with Crippen molar-refractivity contribution in [1.29, 1.82) is 0 Å². The van der Waals surface area contributed by atoms with E-state index in [1.165, 1.54) is 0 Å². The molecule has 0 aromatic carbocycles. The van der Waals surface area contributed by atoms with Crippen molar-refractivity contribution in [2.45, 2.75) is 141 Å². The summed E-state index contributed by atoms with van der Waals surface area (Å²) in [5, 5.41) is 18.6. The Morgan fingerprint density at radius 2 is 1.03 bits per heavy atom. The molecule has 0 aliphatic carbocycles. The number of hydrogen-bond acceptors (Lipinski definition) is 10. The van der Waals surface area contributed by atoms with Crippen LogP contribution in [0.1, 0.15) is 123 Å². The zero-order valence-corrected chi connectivity index (χ0v) is 37.4. The molecule has 0 saturated carbocycles. The highest BCUT2D eigenvalue weighted by molar-refractivity contribution is 7.47. The average molecular weight is 872 g/mol. The molecule has 0 spiro atoms. The van der Waals surface area contributed by atoms with E-state index in [1.54, 1.807) is 0 Å². The molecule has 0 aromatic heterocycles. The SMILES string of the molecule is CC/C=C\C/C=C\C/C=C\C/C=C\C/C=C\C/C=C\CCC(=O)O[C@H](COC(=O)CCC/C=C\C/C=C\C/C=C\C/C=C\CC(O)CCC)COP(=O)(O)OC[C@H](N)C(=O)O. The number of phosphoric acid groups is 1. The molecular formula is C48H74NO11P. The third kappa shape index (κ3) is 41.0. The van der Waals surface area contributed by atoms with Crippen LogP contribution >= 0.6 is 7.82 Å². The second-order valence-corrected chi connectivity index (χ2v) is 15.4. The number of hydrogen-bond donors (Lipinski definition) is 4. The fourth-order valence-electron chi connectivity index (χ4n) is 4.92. The molecule has 13 heteroatoms. The average Bonchev–Trinajstić information content (AvgIpc) is 3.23. The summed E-state index contributed by atoms with van der Waals surface area (Å²) in [6, 6.07) is -1.55. The summed E-state index contributed by atoms with van der Waals surface area (Å²) in [6.45, 7) is 2.32. The number of ether oxygens (including phenoxy) is 2. The van der Waals surface area contributed by atoms with E-state index in [-0.39, 0.29) is 18.9 Å². The van der Waals surface area contributed by atoms with Gasteiger partial charge in [0.15, 0.2) is 6.10 Å². The minimum absolute atomic E-state index is 0.00881. The molecular weight excluding hydrogens is 797 g/mol. The fourth-order valence-corrected chi connectivity index (χ4v) is 5.70. The number of aliphatic hydroxyl groups excluding tert-OH is 1. The first kappa shape index (κ1) is 56.8. The van der Waals surface area contributed by atoms with Crippen molar-refractivity contribution in [3.05, 3.63) is 122 Å². The zero-order chi connectivity index (χ0) is 45.1. The Bertz CT molecular complexity index is 1510. The first-order chi connectivity index (χ1) is 29.5. The van der Waals surface area contributed by atoms with Gasteiger partial charge in [-0.25, -0.2) is 4.57 Å². The number of nitrogens with two attached hydrogens (primary N) is 1. The number of carboxylic acids is 1. The number of aliphatic carboxylic acids is 1. The summed E-state index contributed by atoms with van der Waals surface area (Å²) in [5.41, 5.74) is 5.32. The first-order valence-electron chi connectivity index (χ1n) is 21.6. The quantitative estimate of drug-likeness (QED) is 0.0199. The Kier molecular flexibility index (Phi) is 38.4. The maximum absolute atomic E-state index is 12.6. The number of unbranched alkanes of at least 4 members (excludes halogenated alkanes) is 1. The van der Waals surface area contributed by atoms with Gasteiger partial charge in [-0.1, -0.05) is 142 Å². The highest BCUT2D eigenvalue weighted by Crippen LogP contribution is 2.43. The fraction of sp³-hybridized carbons (Fsp3) is 0.521. The van der Waals surface area contributed by atoms with Gasteiger partial charge in [-0.15, -0.1) is 0 Å². The van der Waals surface area contributed by atoms with Crippen molar-refractivity contribution in [3.63, 3.8) is 0 Å². The number of esters is 2. The minimum atomic E-state index is -4.77. The van der Waals surface area contributed by atoms with Crippen LogP contribution in [0.5, 0.6) is 0 Å². The summed E-state index contributed by atoms with van der Waals surface area (Å²) in [6.07, 6.45) is 52.1. The number of carbonyl (C=O) groups is 3. The van der Waals surface area contributed by atoms with Crippen LogP contribution in [0.25, 0.3) is 0 Å². The van der Waals surface area contributed by atoms with Gasteiger partial charge in [0.1, 0.15) is 12.6 Å². The number of phosphoric ester groups is 1. The maximum atomic E-state index is 12.6. The molecule has 2 unspecified atom stereocenters. The molecule has 0 amide bonds. The monoisotopic (exact) mass is 871 g/mol. The highest BCUT2D eigenvalue weighted by atomic mass is 31.2. The smallest absolute Gasteiger partial charge is 0.472 e. The summed E-state index contributed by atoms with van der Waals surface area (Å²) < 4.78 is 32.5. The topological polar surface area (TPSA) is 192 Å². The molecule has 342 valence electrons. The molecule has 0 heterocycles. The molecule has 0 bridgehead atoms. The number of allylic oxidation sites excluding steroid dienone is 19. The Hall–Kier alpha value is -4.16. The van der Waals surface area contributed by atoms with Crippen LogP contribution in [0.2, 0.25) is 0 Å². The Morgan fingerprint density at radius 1 is 0.590 bits per heavy atom. The summed E-state index contributed by atoms with van der Waals surface area (Å²) in [5.74, 6) is -2.60. The van der Waals surface area contributed by atoms with Crippen molar-refractivity contribution >= 4 is 25.7 Å². The van der Waals surface area contributed by atoms with Crippen LogP contribution in [-0.2, 0) is 37.5 Å². The van der Waals surface area contributed by atoms with Gasteiger partial charge in [-0.2, -0.15) is 0 Å². The van der Waals surface area contributed by atoms with Crippen LogP contribution in [0, 0.1) is 0 Å². The van der Waals surface area contributed by atoms with Crippen LogP contribution < -0.4 is 5.73 Å². The molecule has 0 saturated heterocycles. The van der Waals surface area contributed by atoms with E-state index >= 15 is 0 Å². The second-order valence-electron chi connectivity index (χ2n) is 13.9. The minimum Gasteiger partial charge on any atom is -0.480 e. The van der Waals surface area contributed by atoms with E-state index in [0.29, 0.717) is 32.1 Å². The molecule has 5 N–H and O–H groups in total. The van der Waals surface area contributed by atoms with Crippen molar-refractivity contribution in [2.75, 3.05) is 19.8 Å². The number of aliphatic hydroxyl groups is 1. The zero-order valence-electron chi connectivity index (χ0n) is 36.6. The summed E-state index contributed by atoms with van der Waals surface area (Å²) in [4.78, 5) is 45.9. The van der Waals surface area contributed by atoms with E-state index in [0.717, 1.165) is 64.2 Å². The predicted molar refractivity (Wildman–Crippen MR) is 245 cm³/mol. The molecule has 0 aliphatic heterocycles. The van der Waals surface area contributed by atoms with E-state index < -0.39 is 57.7 Å². The number of carbonyl (C=O) groups excluding carboxylic acids is 2. The number of carboxylic acid groups (broad SMARTS) is 1. The lowest BCUT2D eigenvalue weighted by atomic mass is 10.1. The van der Waals surface area contributed by atoms with Gasteiger partial charge < -0.3 is 30.3 Å². The lowest BCUT2D eigenvalue weighted by Crippen LogP contribution is -2.34. The van der Waals surface area contributed by atoms with Gasteiger partial charge in [0.05, 0.1) is 19.3 Å². The third-order valence-corrected chi connectivity index (χ3v) is 9.21. The lowest BCUT2D eigenvalue weighted by Gasteiger charge is -2.20. The van der Waals surface area contributed by atoms with Crippen molar-refractivity contribution in [2.24, 2.45) is 5.73 Å². The molecule has 0 aromatic rings. The van der Waals surface area contributed by atoms with Gasteiger partial charge in [0.2, 0.25) is 0 Å². The maximum Gasteiger partial charge on any atom is 0.472 e. The van der Waals surface area contributed by atoms with Crippen LogP contribution in [0.4, 0.5) is 0 Å². The lowest BCUT2D eigenvalue weighted by molar-refractivity contribution is -0.161. The molecule has 61 heavy (non-hydrogen) atoms. The third-order valence-electron chi connectivity index (χ3n) is 8.26. The van der Waals surface area contributed by atoms with Crippen LogP contribution in [-0.4, -0.2) is 71.1 Å². The van der Waals surface area contributed by atoms with Crippen LogP contribution in [0.3, 0.4) is 0 Å². The van der Waals surface area contributed by atoms with Gasteiger partial charge in [-0.3, -0.25) is 23.4 Å². The van der Waals surface area contributed by atoms with E-state index in [4.69, 9.17) is 24.8 Å². The normalized spacial score (nSPS) is 15.4. The van der Waals surface area contributed by atoms with Crippen molar-refractivity contribution < 1.29 is 52.6 Å². The Balaban J connectivity index is 4.63. The molecule has 4 atom stereocenters. The molecule has 0 aliphatic rings. The van der Waals surface area contributed by atoms with Gasteiger partial charge in [-0.05, 0) is 89.9 Å². The van der Waals surface area contributed by atoms with Crippen molar-refractivity contribution in [3.8, 4) is 0 Å². The second kappa shape index (κ2) is 41.2. The Labute approximate surface area is 365 Å². The molecule has 0 rings (SSSR count). The standard InChI is InChI=1S/C48H74NO11P/c1-3-5-6-7-8-9-10-11-12-13-14-15-16-19-23-26-29-32-35-39-47(52)60-44(41-58-61(55,56)59-42-45(49)48(53)54)40-57-46(51)38-34-31-28-25-22-20-17-18-21-24-27-30-33-37-43(50)36-4-2/h5-6,8-9,11-12,14-15,17,19-21,23-25,28-30,32-33,43-45,50H,3-4,7,10,13,16,18,22,26-27,31,34-42,49H2,1-2H3,(H,53,54)(H,55,56)/b6-5-,9-8-,12-11-,15-14-,20-17-,23-19-,24-21-,28-25-,32-29-,33-30-/t43?,44-,45+/m1/s1. The molecule has 0 radical (unpaired) electrons. The van der Waals surface area contributed by atoms with E-state index in [1.807, 2.05) is 36.5 Å². The van der Waals surface area contributed by atoms with Crippen molar-refractivity contribution in [1.82, 2.24) is 0 Å². The number of rotatable bonds is 38. The van der Waals surface area contributed by atoms with Gasteiger partial charge in [0, 0.05) is 12.8 Å². The molecule has 12 nitrogen and oxygen atoms in total.